The summed E-state index contributed by atoms with van der Waals surface area (Å²) < 4.78 is 0. The van der Waals surface area contributed by atoms with Crippen LogP contribution in [0.2, 0.25) is 0 Å². The Hall–Kier alpha value is -2.36. The molecule has 4 nitrogen and oxygen atoms in total. The second kappa shape index (κ2) is 13.2. The van der Waals surface area contributed by atoms with E-state index in [-0.39, 0.29) is 28.9 Å². The lowest BCUT2D eigenvalue weighted by Crippen LogP contribution is -2.05. The standard InChI is InChI=1S/C28H42O4/c1-4-7-9-11-14-20-16-23(27(31)18-25(20)29)22(13-6-3)24-17-21(15-12-10-8-5-2)26(30)19-28(24)32/h16-19,22,29-32H,4-15H2,1-3H3. The molecule has 0 amide bonds. The molecule has 0 radical (unpaired) electrons. The summed E-state index contributed by atoms with van der Waals surface area (Å²) in [6.07, 6.45) is 12.1. The molecule has 0 fully saturated rings. The van der Waals surface area contributed by atoms with Gasteiger partial charge in [0.05, 0.1) is 0 Å². The van der Waals surface area contributed by atoms with Crippen LogP contribution in [-0.2, 0) is 12.8 Å². The van der Waals surface area contributed by atoms with Crippen LogP contribution < -0.4 is 0 Å². The summed E-state index contributed by atoms with van der Waals surface area (Å²) >= 11 is 0. The molecule has 0 heterocycles. The van der Waals surface area contributed by atoms with Gasteiger partial charge in [-0.25, -0.2) is 0 Å². The second-order valence-electron chi connectivity index (χ2n) is 9.04. The van der Waals surface area contributed by atoms with Crippen molar-refractivity contribution < 1.29 is 20.4 Å². The van der Waals surface area contributed by atoms with Crippen LogP contribution in [0.15, 0.2) is 24.3 Å². The number of rotatable bonds is 14. The molecule has 0 bridgehead atoms. The summed E-state index contributed by atoms with van der Waals surface area (Å²) in [7, 11) is 0. The van der Waals surface area contributed by atoms with Crippen molar-refractivity contribution in [3.8, 4) is 23.0 Å². The Labute approximate surface area is 194 Å². The number of unbranched alkanes of at least 4 members (excludes halogenated alkanes) is 6. The highest BCUT2D eigenvalue weighted by Gasteiger charge is 2.23. The van der Waals surface area contributed by atoms with E-state index in [1.807, 2.05) is 12.1 Å². The number of phenolic OH excluding ortho intramolecular Hbond substituents is 4. The van der Waals surface area contributed by atoms with Crippen molar-refractivity contribution in [1.29, 1.82) is 0 Å². The van der Waals surface area contributed by atoms with E-state index < -0.39 is 0 Å². The first-order chi connectivity index (χ1) is 15.4. The van der Waals surface area contributed by atoms with Gasteiger partial charge >= 0.3 is 0 Å². The molecule has 2 aromatic carbocycles. The van der Waals surface area contributed by atoms with Crippen LogP contribution in [0.25, 0.3) is 0 Å². The number of aromatic hydroxyl groups is 4. The van der Waals surface area contributed by atoms with Crippen LogP contribution in [0.5, 0.6) is 23.0 Å². The highest BCUT2D eigenvalue weighted by molar-refractivity contribution is 5.54. The maximum absolute atomic E-state index is 10.7. The van der Waals surface area contributed by atoms with Crippen LogP contribution >= 0.6 is 0 Å². The molecule has 0 aromatic heterocycles. The summed E-state index contributed by atoms with van der Waals surface area (Å²) in [6.45, 7) is 6.43. The molecule has 0 aliphatic rings. The first-order valence-electron chi connectivity index (χ1n) is 12.5. The third kappa shape index (κ3) is 7.08. The minimum atomic E-state index is -0.204. The Kier molecular flexibility index (Phi) is 10.7. The Bertz CT molecular complexity index is 776. The minimum Gasteiger partial charge on any atom is -0.508 e. The van der Waals surface area contributed by atoms with Gasteiger partial charge in [0.2, 0.25) is 0 Å². The number of hydrogen-bond acceptors (Lipinski definition) is 4. The van der Waals surface area contributed by atoms with Crippen LogP contribution in [-0.4, -0.2) is 20.4 Å². The summed E-state index contributed by atoms with van der Waals surface area (Å²) in [5.41, 5.74) is 3.14. The third-order valence-electron chi connectivity index (χ3n) is 6.38. The van der Waals surface area contributed by atoms with E-state index in [1.165, 1.54) is 25.0 Å². The highest BCUT2D eigenvalue weighted by atomic mass is 16.3. The predicted molar refractivity (Wildman–Crippen MR) is 132 cm³/mol. The molecular formula is C28H42O4. The number of phenols is 4. The van der Waals surface area contributed by atoms with Crippen LogP contribution in [0.4, 0.5) is 0 Å². The maximum atomic E-state index is 10.7. The SMILES string of the molecule is CCCCCCc1cc(C(CCC)c2cc(CCCCCC)c(O)cc2O)c(O)cc1O. The van der Waals surface area contributed by atoms with Crippen LogP contribution in [0.3, 0.4) is 0 Å². The molecule has 0 atom stereocenters. The van der Waals surface area contributed by atoms with Crippen molar-refractivity contribution in [2.75, 3.05) is 0 Å². The van der Waals surface area contributed by atoms with Gasteiger partial charge in [-0.2, -0.15) is 0 Å². The van der Waals surface area contributed by atoms with Gasteiger partial charge < -0.3 is 20.4 Å². The first-order valence-corrected chi connectivity index (χ1v) is 12.5. The molecule has 4 heteroatoms. The van der Waals surface area contributed by atoms with E-state index in [9.17, 15) is 20.4 Å². The van der Waals surface area contributed by atoms with Gasteiger partial charge in [-0.05, 0) is 55.4 Å². The Morgan fingerprint density at radius 1 is 0.531 bits per heavy atom. The molecule has 0 saturated heterocycles. The molecular weight excluding hydrogens is 400 g/mol. The summed E-state index contributed by atoms with van der Waals surface area (Å²) in [4.78, 5) is 0. The van der Waals surface area contributed by atoms with E-state index in [2.05, 4.69) is 20.8 Å². The second-order valence-corrected chi connectivity index (χ2v) is 9.04. The summed E-state index contributed by atoms with van der Waals surface area (Å²) in [5, 5.41) is 42.2. The molecule has 0 aliphatic heterocycles. The van der Waals surface area contributed by atoms with Gasteiger partial charge in [0.15, 0.2) is 0 Å². The first kappa shape index (κ1) is 25.9. The summed E-state index contributed by atoms with van der Waals surface area (Å²) in [5.74, 6) is 0.157. The topological polar surface area (TPSA) is 80.9 Å². The largest absolute Gasteiger partial charge is 0.508 e. The predicted octanol–water partition coefficient (Wildman–Crippen LogP) is 7.69. The summed E-state index contributed by atoms with van der Waals surface area (Å²) in [6, 6.07) is 6.70. The van der Waals surface area contributed by atoms with Gasteiger partial charge in [-0.3, -0.25) is 0 Å². The van der Waals surface area contributed by atoms with Crippen molar-refractivity contribution in [2.45, 2.75) is 104 Å². The lowest BCUT2D eigenvalue weighted by Gasteiger charge is -2.22. The van der Waals surface area contributed by atoms with Crippen LogP contribution in [0, 0.1) is 0 Å². The lowest BCUT2D eigenvalue weighted by atomic mass is 9.84. The van der Waals surface area contributed by atoms with E-state index >= 15 is 0 Å². The molecule has 0 aliphatic carbocycles. The fourth-order valence-electron chi connectivity index (χ4n) is 4.49. The molecule has 4 N–H and O–H groups in total. The molecule has 0 saturated carbocycles. The molecule has 0 unspecified atom stereocenters. The average molecular weight is 443 g/mol. The molecule has 2 rings (SSSR count). The van der Waals surface area contributed by atoms with Gasteiger partial charge in [-0.15, -0.1) is 0 Å². The van der Waals surface area contributed by atoms with Crippen LogP contribution in [0.1, 0.15) is 113 Å². The number of benzene rings is 2. The number of hydrogen-bond donors (Lipinski definition) is 4. The van der Waals surface area contributed by atoms with Crippen molar-refractivity contribution in [3.63, 3.8) is 0 Å². The quantitative estimate of drug-likeness (QED) is 0.226. The number of aryl methyl sites for hydroxylation is 2. The van der Waals surface area contributed by atoms with Crippen molar-refractivity contribution in [2.24, 2.45) is 0 Å². The Morgan fingerprint density at radius 3 is 1.34 bits per heavy atom. The molecule has 178 valence electrons. The molecule has 2 aromatic rings. The zero-order chi connectivity index (χ0) is 23.5. The van der Waals surface area contributed by atoms with E-state index in [0.717, 1.165) is 86.5 Å². The molecule has 32 heavy (non-hydrogen) atoms. The highest BCUT2D eigenvalue weighted by Crippen LogP contribution is 2.43. The van der Waals surface area contributed by atoms with Gasteiger partial charge in [0.1, 0.15) is 23.0 Å². The Morgan fingerprint density at radius 2 is 0.969 bits per heavy atom. The third-order valence-corrected chi connectivity index (χ3v) is 6.38. The van der Waals surface area contributed by atoms with Gasteiger partial charge in [-0.1, -0.05) is 65.7 Å². The monoisotopic (exact) mass is 442 g/mol. The van der Waals surface area contributed by atoms with E-state index in [0.29, 0.717) is 0 Å². The molecule has 0 spiro atoms. The van der Waals surface area contributed by atoms with Crippen molar-refractivity contribution in [1.82, 2.24) is 0 Å². The fourth-order valence-corrected chi connectivity index (χ4v) is 4.49. The fraction of sp³-hybridized carbons (Fsp3) is 0.571. The zero-order valence-electron chi connectivity index (χ0n) is 20.2. The van der Waals surface area contributed by atoms with Gasteiger partial charge in [0.25, 0.3) is 0 Å². The normalized spacial score (nSPS) is 11.4. The minimum absolute atomic E-state index is 0.0511. The smallest absolute Gasteiger partial charge is 0.123 e. The Balaban J connectivity index is 2.38. The van der Waals surface area contributed by atoms with E-state index in [4.69, 9.17) is 0 Å². The van der Waals surface area contributed by atoms with E-state index in [1.54, 1.807) is 0 Å². The zero-order valence-corrected chi connectivity index (χ0v) is 20.2. The van der Waals surface area contributed by atoms with Crippen molar-refractivity contribution in [3.05, 3.63) is 46.5 Å². The van der Waals surface area contributed by atoms with Crippen molar-refractivity contribution >= 4 is 0 Å². The van der Waals surface area contributed by atoms with Gasteiger partial charge in [0, 0.05) is 29.2 Å². The lowest BCUT2D eigenvalue weighted by molar-refractivity contribution is 0.429. The maximum Gasteiger partial charge on any atom is 0.123 e. The average Bonchev–Trinajstić information content (AvgIpc) is 2.76.